The highest BCUT2D eigenvalue weighted by molar-refractivity contribution is 9.10. The highest BCUT2D eigenvalue weighted by atomic mass is 79.9. The fourth-order valence-electron chi connectivity index (χ4n) is 2.33. The quantitative estimate of drug-likeness (QED) is 0.739. The lowest BCUT2D eigenvalue weighted by atomic mass is 10.4. The number of nitrogens with zero attached hydrogens (tertiary/aromatic N) is 3. The molecule has 0 radical (unpaired) electrons. The van der Waals surface area contributed by atoms with E-state index < -0.39 is 10.0 Å². The van der Waals surface area contributed by atoms with Gasteiger partial charge in [-0.15, -0.1) is 0 Å². The molecular weight excluding hydrogens is 380 g/mol. The van der Waals surface area contributed by atoms with Gasteiger partial charge in [-0.3, -0.25) is 4.72 Å². The SMILES string of the molecule is O=S(=O)(Nc1cccn2nc(C3CC3)nc12)c1ccc(Br)cc1. The topological polar surface area (TPSA) is 76.4 Å². The van der Waals surface area contributed by atoms with Crippen molar-refractivity contribution in [1.29, 1.82) is 0 Å². The van der Waals surface area contributed by atoms with Gasteiger partial charge in [0.2, 0.25) is 0 Å². The lowest BCUT2D eigenvalue weighted by Gasteiger charge is -2.08. The lowest BCUT2D eigenvalue weighted by Crippen LogP contribution is -2.13. The third-order valence-electron chi connectivity index (χ3n) is 3.69. The summed E-state index contributed by atoms with van der Waals surface area (Å²) < 4.78 is 30.1. The molecule has 23 heavy (non-hydrogen) atoms. The molecule has 6 nitrogen and oxygen atoms in total. The molecule has 2 heterocycles. The number of rotatable bonds is 4. The second-order valence-corrected chi connectivity index (χ2v) is 8.09. The van der Waals surface area contributed by atoms with E-state index in [1.165, 1.54) is 0 Å². The molecule has 0 saturated heterocycles. The molecule has 1 fully saturated rings. The van der Waals surface area contributed by atoms with E-state index in [1.807, 2.05) is 0 Å². The number of anilines is 1. The summed E-state index contributed by atoms with van der Waals surface area (Å²) in [6, 6.07) is 9.92. The first-order valence-corrected chi connectivity index (χ1v) is 9.44. The van der Waals surface area contributed by atoms with E-state index in [9.17, 15) is 8.42 Å². The van der Waals surface area contributed by atoms with Crippen LogP contribution in [0, 0.1) is 0 Å². The van der Waals surface area contributed by atoms with Crippen molar-refractivity contribution in [1.82, 2.24) is 14.6 Å². The van der Waals surface area contributed by atoms with Gasteiger partial charge in [0, 0.05) is 16.6 Å². The molecule has 118 valence electrons. The standard InChI is InChI=1S/C15H13BrN4O2S/c16-11-5-7-12(8-6-11)23(21,22)19-13-2-1-9-20-15(13)17-14(18-20)10-3-4-10/h1-2,5-10,19H,3-4H2. The van der Waals surface area contributed by atoms with E-state index in [-0.39, 0.29) is 4.90 Å². The first-order chi connectivity index (χ1) is 11.0. The van der Waals surface area contributed by atoms with Gasteiger partial charge in [0.25, 0.3) is 10.0 Å². The molecule has 4 rings (SSSR count). The zero-order valence-electron chi connectivity index (χ0n) is 12.0. The summed E-state index contributed by atoms with van der Waals surface area (Å²) in [4.78, 5) is 4.68. The Balaban J connectivity index is 1.72. The lowest BCUT2D eigenvalue weighted by molar-refractivity contribution is 0.601. The van der Waals surface area contributed by atoms with Gasteiger partial charge in [0.1, 0.15) is 0 Å². The van der Waals surface area contributed by atoms with E-state index in [2.05, 4.69) is 30.7 Å². The molecule has 0 amide bonds. The van der Waals surface area contributed by atoms with E-state index >= 15 is 0 Å². The molecule has 1 aliphatic rings. The summed E-state index contributed by atoms with van der Waals surface area (Å²) in [6.07, 6.45) is 3.96. The highest BCUT2D eigenvalue weighted by Gasteiger charge is 2.28. The maximum atomic E-state index is 12.5. The molecule has 1 aromatic carbocycles. The Morgan fingerprint density at radius 2 is 1.91 bits per heavy atom. The van der Waals surface area contributed by atoms with E-state index in [0.717, 1.165) is 23.1 Å². The fourth-order valence-corrected chi connectivity index (χ4v) is 3.66. The molecule has 3 aromatic rings. The zero-order chi connectivity index (χ0) is 16.0. The van der Waals surface area contributed by atoms with Gasteiger partial charge in [-0.2, -0.15) is 5.10 Å². The van der Waals surface area contributed by atoms with E-state index in [1.54, 1.807) is 47.1 Å². The van der Waals surface area contributed by atoms with Crippen molar-refractivity contribution < 1.29 is 8.42 Å². The summed E-state index contributed by atoms with van der Waals surface area (Å²) in [6.45, 7) is 0. The van der Waals surface area contributed by atoms with Gasteiger partial charge in [0.15, 0.2) is 11.5 Å². The number of hydrogen-bond acceptors (Lipinski definition) is 4. The number of nitrogens with one attached hydrogen (secondary N) is 1. The van der Waals surface area contributed by atoms with Crippen molar-refractivity contribution in [2.75, 3.05) is 4.72 Å². The predicted octanol–water partition coefficient (Wildman–Crippen LogP) is 3.17. The van der Waals surface area contributed by atoms with Gasteiger partial charge in [0.05, 0.1) is 10.6 Å². The molecule has 0 aliphatic heterocycles. The van der Waals surface area contributed by atoms with Crippen LogP contribution in [-0.4, -0.2) is 23.0 Å². The summed E-state index contributed by atoms with van der Waals surface area (Å²) in [5.74, 6) is 1.19. The van der Waals surface area contributed by atoms with Crippen LogP contribution >= 0.6 is 15.9 Å². The van der Waals surface area contributed by atoms with Crippen molar-refractivity contribution in [2.45, 2.75) is 23.7 Å². The smallest absolute Gasteiger partial charge is 0.262 e. The fraction of sp³-hybridized carbons (Fsp3) is 0.200. The minimum Gasteiger partial charge on any atom is -0.276 e. The Kier molecular flexibility index (Phi) is 3.38. The van der Waals surface area contributed by atoms with Crippen LogP contribution in [0.2, 0.25) is 0 Å². The van der Waals surface area contributed by atoms with Crippen LogP contribution in [-0.2, 0) is 10.0 Å². The third kappa shape index (κ3) is 2.84. The van der Waals surface area contributed by atoms with Gasteiger partial charge in [-0.25, -0.2) is 17.9 Å². The second kappa shape index (κ2) is 5.31. The van der Waals surface area contributed by atoms with Crippen LogP contribution in [0.3, 0.4) is 0 Å². The summed E-state index contributed by atoms with van der Waals surface area (Å²) in [7, 11) is -3.67. The summed E-state index contributed by atoms with van der Waals surface area (Å²) >= 11 is 3.30. The minimum atomic E-state index is -3.67. The Bertz CT molecular complexity index is 978. The second-order valence-electron chi connectivity index (χ2n) is 5.49. The zero-order valence-corrected chi connectivity index (χ0v) is 14.4. The number of sulfonamides is 1. The predicted molar refractivity (Wildman–Crippen MR) is 89.9 cm³/mol. The number of fused-ring (bicyclic) bond motifs is 1. The van der Waals surface area contributed by atoms with Crippen LogP contribution in [0.25, 0.3) is 5.65 Å². The van der Waals surface area contributed by atoms with E-state index in [4.69, 9.17) is 0 Å². The molecule has 1 aliphatic carbocycles. The molecule has 2 aromatic heterocycles. The molecular formula is C15H13BrN4O2S. The van der Waals surface area contributed by atoms with Crippen molar-refractivity contribution in [3.8, 4) is 0 Å². The van der Waals surface area contributed by atoms with Crippen LogP contribution in [0.1, 0.15) is 24.6 Å². The number of benzene rings is 1. The molecule has 1 saturated carbocycles. The van der Waals surface area contributed by atoms with Crippen molar-refractivity contribution in [3.63, 3.8) is 0 Å². The average molecular weight is 393 g/mol. The Morgan fingerprint density at radius 1 is 1.17 bits per heavy atom. The van der Waals surface area contributed by atoms with Crippen LogP contribution < -0.4 is 4.72 Å². The molecule has 0 unspecified atom stereocenters. The van der Waals surface area contributed by atoms with Crippen LogP contribution in [0.5, 0.6) is 0 Å². The van der Waals surface area contributed by atoms with Gasteiger partial charge >= 0.3 is 0 Å². The highest BCUT2D eigenvalue weighted by Crippen LogP contribution is 2.38. The molecule has 1 N–H and O–H groups in total. The third-order valence-corrected chi connectivity index (χ3v) is 5.60. The van der Waals surface area contributed by atoms with Crippen LogP contribution in [0.15, 0.2) is 52.0 Å². The largest absolute Gasteiger partial charge is 0.276 e. The normalized spacial score (nSPS) is 15.0. The van der Waals surface area contributed by atoms with Crippen LogP contribution in [0.4, 0.5) is 5.69 Å². The Hall–Kier alpha value is -1.93. The summed E-state index contributed by atoms with van der Waals surface area (Å²) in [5.41, 5.74) is 0.949. The van der Waals surface area contributed by atoms with Gasteiger partial charge < -0.3 is 0 Å². The van der Waals surface area contributed by atoms with Crippen molar-refractivity contribution >= 4 is 37.3 Å². The first kappa shape index (κ1) is 14.6. The molecule has 0 atom stereocenters. The first-order valence-electron chi connectivity index (χ1n) is 7.17. The number of hydrogen-bond donors (Lipinski definition) is 1. The van der Waals surface area contributed by atoms with Gasteiger partial charge in [-0.05, 0) is 49.2 Å². The van der Waals surface area contributed by atoms with Crippen molar-refractivity contribution in [2.24, 2.45) is 0 Å². The molecule has 0 spiro atoms. The Morgan fingerprint density at radius 3 is 2.61 bits per heavy atom. The average Bonchev–Trinajstić information content (AvgIpc) is 3.27. The Labute approximate surface area is 141 Å². The maximum absolute atomic E-state index is 12.5. The molecule has 8 heteroatoms. The maximum Gasteiger partial charge on any atom is 0.262 e. The van der Waals surface area contributed by atoms with E-state index in [0.29, 0.717) is 17.3 Å². The minimum absolute atomic E-state index is 0.199. The van der Waals surface area contributed by atoms with Gasteiger partial charge in [-0.1, -0.05) is 15.9 Å². The van der Waals surface area contributed by atoms with Crippen molar-refractivity contribution in [3.05, 3.63) is 52.9 Å². The molecule has 0 bridgehead atoms. The number of aromatic nitrogens is 3. The number of pyridine rings is 1. The number of halogens is 1. The monoisotopic (exact) mass is 392 g/mol. The summed E-state index contributed by atoms with van der Waals surface area (Å²) in [5, 5.41) is 4.41.